The molecule has 0 radical (unpaired) electrons. The van der Waals surface area contributed by atoms with Crippen LogP contribution in [0, 0.1) is 0 Å². The van der Waals surface area contributed by atoms with Crippen molar-refractivity contribution in [3.8, 4) is 0 Å². The van der Waals surface area contributed by atoms with Gasteiger partial charge in [-0.25, -0.2) is 3.11 Å². The molecule has 3 heteroatoms. The topological polar surface area (TPSA) is 6.48 Å². The van der Waals surface area contributed by atoms with E-state index >= 15 is 0 Å². The van der Waals surface area contributed by atoms with Crippen molar-refractivity contribution in [2.24, 2.45) is 0 Å². The summed E-state index contributed by atoms with van der Waals surface area (Å²) in [7, 11) is 4.33. The first-order chi connectivity index (χ1) is 4.70. The zero-order valence-corrected chi connectivity index (χ0v) is 8.84. The Morgan fingerprint density at radius 3 is 2.60 bits per heavy atom. The number of likely N-dealkylation sites (N-methyl/N-ethyl adjacent to an activating group) is 1. The van der Waals surface area contributed by atoms with Crippen LogP contribution in [0.2, 0.25) is 0 Å². The molecule has 1 fully saturated rings. The van der Waals surface area contributed by atoms with Gasteiger partial charge in [0.1, 0.15) is 0 Å². The lowest BCUT2D eigenvalue weighted by molar-refractivity contribution is 0.208. The lowest BCUT2D eigenvalue weighted by atomic mass is 10.1. The van der Waals surface area contributed by atoms with Crippen molar-refractivity contribution in [1.29, 1.82) is 0 Å². The number of hydrogen-bond donors (Lipinski definition) is 0. The maximum absolute atomic E-state index is 2.41. The molecule has 0 saturated carbocycles. The van der Waals surface area contributed by atoms with Gasteiger partial charge in [0.15, 0.2) is 0 Å². The zero-order valence-electron chi connectivity index (χ0n) is 6.68. The van der Waals surface area contributed by atoms with E-state index in [2.05, 4.69) is 45.0 Å². The molecule has 1 aliphatic rings. The van der Waals surface area contributed by atoms with Crippen molar-refractivity contribution in [2.75, 3.05) is 27.2 Å². The summed E-state index contributed by atoms with van der Waals surface area (Å²) in [6.45, 7) is 2.50. The van der Waals surface area contributed by atoms with E-state index in [1.165, 1.54) is 25.9 Å². The van der Waals surface area contributed by atoms with E-state index in [-0.39, 0.29) is 0 Å². The molecule has 0 N–H and O–H groups in total. The van der Waals surface area contributed by atoms with Crippen molar-refractivity contribution < 1.29 is 0 Å². The van der Waals surface area contributed by atoms with Crippen LogP contribution in [0.5, 0.6) is 0 Å². The molecule has 0 spiro atoms. The quantitative estimate of drug-likeness (QED) is 0.515. The van der Waals surface area contributed by atoms with Gasteiger partial charge < -0.3 is 4.90 Å². The highest BCUT2D eigenvalue weighted by Crippen LogP contribution is 2.16. The molecular weight excluding hydrogens is 239 g/mol. The predicted molar refractivity (Wildman–Crippen MR) is 52.3 cm³/mol. The predicted octanol–water partition coefficient (Wildman–Crippen LogP) is 1.36. The Kier molecular flexibility index (Phi) is 3.39. The minimum atomic E-state index is 0.783. The average molecular weight is 254 g/mol. The summed E-state index contributed by atoms with van der Waals surface area (Å²) in [5, 5.41) is 0. The van der Waals surface area contributed by atoms with Crippen LogP contribution in [0.15, 0.2) is 0 Å². The maximum atomic E-state index is 2.41. The lowest BCUT2D eigenvalue weighted by Crippen LogP contribution is -2.40. The number of piperidine rings is 1. The van der Waals surface area contributed by atoms with Gasteiger partial charge in [-0.15, -0.1) is 0 Å². The highest BCUT2D eigenvalue weighted by atomic mass is 127. The molecule has 1 rings (SSSR count). The Bertz CT molecular complexity index is 106. The molecule has 0 unspecified atom stereocenters. The van der Waals surface area contributed by atoms with Crippen LogP contribution >= 0.6 is 22.9 Å². The molecule has 0 aromatic carbocycles. The monoisotopic (exact) mass is 254 g/mol. The second kappa shape index (κ2) is 3.88. The number of hydrogen-bond acceptors (Lipinski definition) is 2. The fourth-order valence-corrected chi connectivity index (χ4v) is 2.13. The van der Waals surface area contributed by atoms with Gasteiger partial charge in [0.05, 0.1) is 0 Å². The van der Waals surface area contributed by atoms with E-state index in [9.17, 15) is 0 Å². The first-order valence-electron chi connectivity index (χ1n) is 3.77. The number of nitrogens with zero attached hydrogens (tertiary/aromatic N) is 2. The lowest BCUT2D eigenvalue weighted by Gasteiger charge is -2.32. The summed E-state index contributed by atoms with van der Waals surface area (Å²) in [6.07, 6.45) is 2.72. The van der Waals surface area contributed by atoms with Crippen molar-refractivity contribution in [2.45, 2.75) is 18.9 Å². The van der Waals surface area contributed by atoms with Gasteiger partial charge in [0.2, 0.25) is 0 Å². The smallest absolute Gasteiger partial charge is 0.0237 e. The molecular formula is C7H15IN2. The second-order valence-electron chi connectivity index (χ2n) is 3.13. The Morgan fingerprint density at radius 2 is 2.20 bits per heavy atom. The molecule has 60 valence electrons. The first kappa shape index (κ1) is 8.74. The highest BCUT2D eigenvalue weighted by molar-refractivity contribution is 14.1. The molecule has 0 aliphatic carbocycles. The minimum Gasteiger partial charge on any atom is -0.305 e. The minimum absolute atomic E-state index is 0.783. The standard InChI is InChI=1S/C7H15IN2/c1-9(2)7-4-3-5-10(8)6-7/h7H,3-6H2,1-2H3/t7-/m1/s1. The Labute approximate surface area is 77.1 Å². The van der Waals surface area contributed by atoms with Gasteiger partial charge in [0, 0.05) is 42.0 Å². The summed E-state index contributed by atoms with van der Waals surface area (Å²) in [5.74, 6) is 0. The number of rotatable bonds is 1. The van der Waals surface area contributed by atoms with E-state index in [0.29, 0.717) is 0 Å². The average Bonchev–Trinajstić information content (AvgIpc) is 1.88. The van der Waals surface area contributed by atoms with E-state index < -0.39 is 0 Å². The molecule has 0 aromatic rings. The zero-order chi connectivity index (χ0) is 7.56. The fourth-order valence-electron chi connectivity index (χ4n) is 1.33. The number of halogens is 1. The fraction of sp³-hybridized carbons (Fsp3) is 1.00. The van der Waals surface area contributed by atoms with Gasteiger partial charge in [-0.3, -0.25) is 0 Å². The first-order valence-corrected chi connectivity index (χ1v) is 4.74. The third-order valence-corrected chi connectivity index (χ3v) is 2.95. The Morgan fingerprint density at radius 1 is 1.50 bits per heavy atom. The van der Waals surface area contributed by atoms with Gasteiger partial charge >= 0.3 is 0 Å². The second-order valence-corrected chi connectivity index (χ2v) is 4.49. The van der Waals surface area contributed by atoms with Gasteiger partial charge in [-0.05, 0) is 26.9 Å². The molecule has 1 saturated heterocycles. The van der Waals surface area contributed by atoms with Crippen LogP contribution in [0.4, 0.5) is 0 Å². The van der Waals surface area contributed by atoms with Gasteiger partial charge in [-0.2, -0.15) is 0 Å². The Balaban J connectivity index is 2.32. The molecule has 0 bridgehead atoms. The summed E-state index contributed by atoms with van der Waals surface area (Å²) in [5.41, 5.74) is 0. The molecule has 0 aromatic heterocycles. The third kappa shape index (κ3) is 2.36. The van der Waals surface area contributed by atoms with Crippen LogP contribution in [0.3, 0.4) is 0 Å². The van der Waals surface area contributed by atoms with Gasteiger partial charge in [0.25, 0.3) is 0 Å². The van der Waals surface area contributed by atoms with E-state index in [4.69, 9.17) is 0 Å². The van der Waals surface area contributed by atoms with Crippen molar-refractivity contribution in [3.63, 3.8) is 0 Å². The molecule has 10 heavy (non-hydrogen) atoms. The Hall–Kier alpha value is 0.650. The summed E-state index contributed by atoms with van der Waals surface area (Å²) < 4.78 is 2.38. The van der Waals surface area contributed by atoms with Crippen LogP contribution in [-0.4, -0.2) is 41.2 Å². The largest absolute Gasteiger partial charge is 0.305 e. The van der Waals surface area contributed by atoms with E-state index in [1.54, 1.807) is 0 Å². The summed E-state index contributed by atoms with van der Waals surface area (Å²) >= 11 is 2.41. The van der Waals surface area contributed by atoms with Crippen LogP contribution < -0.4 is 0 Å². The molecule has 1 heterocycles. The van der Waals surface area contributed by atoms with Crippen molar-refractivity contribution in [1.82, 2.24) is 8.01 Å². The van der Waals surface area contributed by atoms with Crippen LogP contribution in [0.1, 0.15) is 12.8 Å². The van der Waals surface area contributed by atoms with E-state index in [1.807, 2.05) is 0 Å². The molecule has 1 atom stereocenters. The normalized spacial score (nSPS) is 29.4. The molecule has 0 amide bonds. The third-order valence-electron chi connectivity index (χ3n) is 2.08. The van der Waals surface area contributed by atoms with Crippen LogP contribution in [0.25, 0.3) is 0 Å². The molecule has 1 aliphatic heterocycles. The van der Waals surface area contributed by atoms with Crippen LogP contribution in [-0.2, 0) is 0 Å². The van der Waals surface area contributed by atoms with Crippen molar-refractivity contribution in [3.05, 3.63) is 0 Å². The summed E-state index contributed by atoms with van der Waals surface area (Å²) in [4.78, 5) is 2.32. The summed E-state index contributed by atoms with van der Waals surface area (Å²) in [6, 6.07) is 0.783. The van der Waals surface area contributed by atoms with Crippen molar-refractivity contribution >= 4 is 22.9 Å². The van der Waals surface area contributed by atoms with Gasteiger partial charge in [-0.1, -0.05) is 0 Å². The SMILES string of the molecule is CN(C)[C@@H]1CCCN(I)C1. The highest BCUT2D eigenvalue weighted by Gasteiger charge is 2.18. The van der Waals surface area contributed by atoms with E-state index in [0.717, 1.165) is 6.04 Å². The maximum Gasteiger partial charge on any atom is 0.0237 e. The molecule has 2 nitrogen and oxygen atoms in total.